The van der Waals surface area contributed by atoms with E-state index in [9.17, 15) is 16.8 Å². The topological polar surface area (TPSA) is 92.8 Å². The summed E-state index contributed by atoms with van der Waals surface area (Å²) in [5, 5.41) is 0. The smallest absolute Gasteiger partial charge is 0.243 e. The molecule has 1 aliphatic heterocycles. The van der Waals surface area contributed by atoms with Crippen molar-refractivity contribution in [3.05, 3.63) is 54.1 Å². The van der Waals surface area contributed by atoms with E-state index in [1.54, 1.807) is 24.3 Å². The molecule has 0 aromatic heterocycles. The Bertz CT molecular complexity index is 996. The van der Waals surface area contributed by atoms with Crippen LogP contribution in [0.4, 0.5) is 0 Å². The number of hydrogen-bond donors (Lipinski definition) is 1. The van der Waals surface area contributed by atoms with Gasteiger partial charge < -0.3 is 4.74 Å². The summed E-state index contributed by atoms with van der Waals surface area (Å²) in [6, 6.07) is 12.4. The van der Waals surface area contributed by atoms with E-state index in [2.05, 4.69) is 4.72 Å². The number of sulfonamides is 2. The SMILES string of the molecule is COc1ccccc1CNS(=O)(=O)c1ccc(S(=O)(=O)N2CCCC2)cc1. The van der Waals surface area contributed by atoms with Crippen LogP contribution in [-0.2, 0) is 26.6 Å². The molecule has 1 heterocycles. The van der Waals surface area contributed by atoms with Crippen LogP contribution in [0.2, 0.25) is 0 Å². The Morgan fingerprint density at radius 3 is 2.15 bits per heavy atom. The van der Waals surface area contributed by atoms with Gasteiger partial charge in [0.15, 0.2) is 0 Å². The molecule has 0 spiro atoms. The molecule has 0 atom stereocenters. The van der Waals surface area contributed by atoms with E-state index in [0.717, 1.165) is 12.8 Å². The predicted molar refractivity (Wildman–Crippen MR) is 101 cm³/mol. The molecule has 1 saturated heterocycles. The minimum absolute atomic E-state index is 0.0118. The standard InChI is InChI=1S/C18H22N2O5S2/c1-25-18-7-3-2-6-15(18)14-19-26(21,22)16-8-10-17(11-9-16)27(23,24)20-12-4-5-13-20/h2-3,6-11,19H,4-5,12-14H2,1H3. The number of ether oxygens (including phenoxy) is 1. The van der Waals surface area contributed by atoms with Gasteiger partial charge in [0.05, 0.1) is 16.9 Å². The Labute approximate surface area is 160 Å². The van der Waals surface area contributed by atoms with Gasteiger partial charge in [0.2, 0.25) is 20.0 Å². The van der Waals surface area contributed by atoms with Crippen molar-refractivity contribution in [3.63, 3.8) is 0 Å². The number of rotatable bonds is 7. The predicted octanol–water partition coefficient (Wildman–Crippen LogP) is 1.96. The summed E-state index contributed by atoms with van der Waals surface area (Å²) >= 11 is 0. The van der Waals surface area contributed by atoms with Crippen molar-refractivity contribution in [1.29, 1.82) is 0 Å². The Morgan fingerprint density at radius 2 is 1.52 bits per heavy atom. The summed E-state index contributed by atoms with van der Waals surface area (Å²) in [5.41, 5.74) is 0.705. The van der Waals surface area contributed by atoms with Crippen LogP contribution in [0.5, 0.6) is 5.75 Å². The van der Waals surface area contributed by atoms with Crippen molar-refractivity contribution >= 4 is 20.0 Å². The van der Waals surface area contributed by atoms with Crippen LogP contribution in [0.25, 0.3) is 0 Å². The highest BCUT2D eigenvalue weighted by Crippen LogP contribution is 2.23. The summed E-state index contributed by atoms with van der Waals surface area (Å²) in [6.45, 7) is 1.08. The molecule has 146 valence electrons. The molecule has 0 amide bonds. The molecule has 0 radical (unpaired) electrons. The zero-order valence-corrected chi connectivity index (χ0v) is 16.6. The number of para-hydroxylation sites is 1. The minimum Gasteiger partial charge on any atom is -0.496 e. The fraction of sp³-hybridized carbons (Fsp3) is 0.333. The summed E-state index contributed by atoms with van der Waals surface area (Å²) in [4.78, 5) is 0.117. The van der Waals surface area contributed by atoms with Crippen LogP contribution < -0.4 is 9.46 Å². The van der Waals surface area contributed by atoms with Crippen molar-refractivity contribution in [1.82, 2.24) is 9.03 Å². The van der Waals surface area contributed by atoms with E-state index in [1.807, 2.05) is 0 Å². The molecule has 0 saturated carbocycles. The second kappa shape index (κ2) is 7.97. The second-order valence-electron chi connectivity index (χ2n) is 6.22. The highest BCUT2D eigenvalue weighted by Gasteiger charge is 2.27. The van der Waals surface area contributed by atoms with Gasteiger partial charge in [-0.25, -0.2) is 21.6 Å². The van der Waals surface area contributed by atoms with E-state index in [0.29, 0.717) is 24.4 Å². The van der Waals surface area contributed by atoms with Crippen LogP contribution in [-0.4, -0.2) is 41.3 Å². The fourth-order valence-electron chi connectivity index (χ4n) is 2.97. The highest BCUT2D eigenvalue weighted by molar-refractivity contribution is 7.89. The molecular formula is C18H22N2O5S2. The first-order valence-corrected chi connectivity index (χ1v) is 11.5. The quantitative estimate of drug-likeness (QED) is 0.753. The lowest BCUT2D eigenvalue weighted by Crippen LogP contribution is -2.28. The summed E-state index contributed by atoms with van der Waals surface area (Å²) in [5.74, 6) is 0.590. The van der Waals surface area contributed by atoms with Crippen LogP contribution in [0.15, 0.2) is 58.3 Å². The van der Waals surface area contributed by atoms with E-state index >= 15 is 0 Å². The van der Waals surface area contributed by atoms with Crippen LogP contribution in [0.3, 0.4) is 0 Å². The monoisotopic (exact) mass is 410 g/mol. The lowest BCUT2D eigenvalue weighted by atomic mass is 10.2. The molecule has 0 aliphatic carbocycles. The molecule has 7 nitrogen and oxygen atoms in total. The molecule has 1 N–H and O–H groups in total. The largest absolute Gasteiger partial charge is 0.496 e. The second-order valence-corrected chi connectivity index (χ2v) is 9.92. The first-order valence-electron chi connectivity index (χ1n) is 8.56. The molecule has 2 aromatic carbocycles. The van der Waals surface area contributed by atoms with Gasteiger partial charge in [-0.05, 0) is 43.2 Å². The Hall–Kier alpha value is -1.94. The van der Waals surface area contributed by atoms with Gasteiger partial charge in [0.1, 0.15) is 5.75 Å². The average Bonchev–Trinajstić information content (AvgIpc) is 3.22. The first-order chi connectivity index (χ1) is 12.8. The van der Waals surface area contributed by atoms with Gasteiger partial charge in [0.25, 0.3) is 0 Å². The van der Waals surface area contributed by atoms with Crippen molar-refractivity contribution in [2.45, 2.75) is 29.2 Å². The number of benzene rings is 2. The minimum atomic E-state index is -3.78. The molecule has 1 aliphatic rings. The molecule has 2 aromatic rings. The molecule has 1 fully saturated rings. The molecule has 0 unspecified atom stereocenters. The first kappa shape index (κ1) is 19.8. The Kier molecular flexibility index (Phi) is 5.85. The highest BCUT2D eigenvalue weighted by atomic mass is 32.2. The zero-order valence-electron chi connectivity index (χ0n) is 15.0. The average molecular weight is 411 g/mol. The number of methoxy groups -OCH3 is 1. The van der Waals surface area contributed by atoms with Crippen molar-refractivity contribution < 1.29 is 21.6 Å². The third-order valence-electron chi connectivity index (χ3n) is 4.48. The molecule has 9 heteroatoms. The van der Waals surface area contributed by atoms with Crippen molar-refractivity contribution in [2.24, 2.45) is 0 Å². The molecule has 0 bridgehead atoms. The normalized spacial score (nSPS) is 15.7. The summed E-state index contributed by atoms with van der Waals surface area (Å²) in [6.07, 6.45) is 1.69. The van der Waals surface area contributed by atoms with Gasteiger partial charge in [-0.3, -0.25) is 0 Å². The summed E-state index contributed by atoms with van der Waals surface area (Å²) in [7, 11) is -5.82. The number of nitrogens with zero attached hydrogens (tertiary/aromatic N) is 1. The van der Waals surface area contributed by atoms with Crippen LogP contribution in [0.1, 0.15) is 18.4 Å². The van der Waals surface area contributed by atoms with E-state index in [-0.39, 0.29) is 16.3 Å². The molecule has 3 rings (SSSR count). The van der Waals surface area contributed by atoms with Gasteiger partial charge in [-0.1, -0.05) is 18.2 Å². The Morgan fingerprint density at radius 1 is 0.926 bits per heavy atom. The van der Waals surface area contributed by atoms with Gasteiger partial charge in [-0.15, -0.1) is 0 Å². The van der Waals surface area contributed by atoms with E-state index in [1.165, 1.54) is 35.7 Å². The maximum atomic E-state index is 12.5. The maximum Gasteiger partial charge on any atom is 0.243 e. The lowest BCUT2D eigenvalue weighted by molar-refractivity contribution is 0.409. The molecular weight excluding hydrogens is 388 g/mol. The zero-order chi connectivity index (χ0) is 19.5. The number of hydrogen-bond acceptors (Lipinski definition) is 5. The van der Waals surface area contributed by atoms with Gasteiger partial charge in [0, 0.05) is 25.2 Å². The molecule has 27 heavy (non-hydrogen) atoms. The summed E-state index contributed by atoms with van der Waals surface area (Å²) < 4.78 is 59.2. The fourth-order valence-corrected chi connectivity index (χ4v) is 5.50. The van der Waals surface area contributed by atoms with Crippen molar-refractivity contribution in [3.8, 4) is 5.75 Å². The van der Waals surface area contributed by atoms with E-state index < -0.39 is 20.0 Å². The Balaban J connectivity index is 1.75. The third kappa shape index (κ3) is 4.32. The van der Waals surface area contributed by atoms with Crippen LogP contribution >= 0.6 is 0 Å². The van der Waals surface area contributed by atoms with Crippen molar-refractivity contribution in [2.75, 3.05) is 20.2 Å². The van der Waals surface area contributed by atoms with E-state index in [4.69, 9.17) is 4.74 Å². The third-order valence-corrected chi connectivity index (χ3v) is 7.81. The maximum absolute atomic E-state index is 12.5. The lowest BCUT2D eigenvalue weighted by Gasteiger charge is -2.15. The van der Waals surface area contributed by atoms with Gasteiger partial charge in [-0.2, -0.15) is 4.31 Å². The number of nitrogens with one attached hydrogen (secondary N) is 1. The van der Waals surface area contributed by atoms with Crippen LogP contribution in [0, 0.1) is 0 Å². The van der Waals surface area contributed by atoms with Gasteiger partial charge >= 0.3 is 0 Å².